The average Bonchev–Trinajstić information content (AvgIpc) is 2.50. The smallest absolute Gasteiger partial charge is 0.236 e. The highest BCUT2D eigenvalue weighted by Gasteiger charge is 2.15. The third-order valence-corrected chi connectivity index (χ3v) is 3.65. The molecular weight excluding hydrogens is 290 g/mol. The number of benzene rings is 1. The van der Waals surface area contributed by atoms with Crippen molar-refractivity contribution in [2.45, 2.75) is 46.1 Å². The zero-order valence-electron chi connectivity index (χ0n) is 14.6. The Morgan fingerprint density at radius 1 is 0.957 bits per heavy atom. The molecule has 0 radical (unpaired) electrons. The van der Waals surface area contributed by atoms with E-state index in [4.69, 9.17) is 5.73 Å². The van der Waals surface area contributed by atoms with Crippen molar-refractivity contribution in [3.8, 4) is 0 Å². The molecule has 2 atom stereocenters. The first-order valence-electron chi connectivity index (χ1n) is 8.21. The van der Waals surface area contributed by atoms with E-state index in [1.165, 1.54) is 5.56 Å². The minimum atomic E-state index is -0.533. The Morgan fingerprint density at radius 3 is 1.96 bits per heavy atom. The van der Waals surface area contributed by atoms with Crippen molar-refractivity contribution < 1.29 is 9.59 Å². The molecule has 23 heavy (non-hydrogen) atoms. The van der Waals surface area contributed by atoms with Gasteiger partial charge >= 0.3 is 0 Å². The highest BCUT2D eigenvalue weighted by atomic mass is 16.2. The Labute approximate surface area is 139 Å². The van der Waals surface area contributed by atoms with Gasteiger partial charge in [-0.3, -0.25) is 9.59 Å². The monoisotopic (exact) mass is 319 g/mol. The van der Waals surface area contributed by atoms with Gasteiger partial charge < -0.3 is 16.4 Å². The zero-order chi connectivity index (χ0) is 17.4. The first-order chi connectivity index (χ1) is 10.8. The van der Waals surface area contributed by atoms with E-state index < -0.39 is 6.04 Å². The summed E-state index contributed by atoms with van der Waals surface area (Å²) < 4.78 is 0. The number of rotatable bonds is 8. The van der Waals surface area contributed by atoms with Gasteiger partial charge in [-0.25, -0.2) is 0 Å². The number of hydrogen-bond acceptors (Lipinski definition) is 3. The van der Waals surface area contributed by atoms with E-state index in [1.54, 1.807) is 6.92 Å². The first-order valence-corrected chi connectivity index (χ1v) is 8.21. The number of nitrogens with two attached hydrogens (primary N) is 1. The molecule has 4 N–H and O–H groups in total. The summed E-state index contributed by atoms with van der Waals surface area (Å²) in [5.41, 5.74) is 7.73. The van der Waals surface area contributed by atoms with Crippen molar-refractivity contribution in [1.82, 2.24) is 10.6 Å². The van der Waals surface area contributed by atoms with Gasteiger partial charge in [-0.1, -0.05) is 38.1 Å². The van der Waals surface area contributed by atoms with Crippen LogP contribution in [0.3, 0.4) is 0 Å². The normalized spacial score (nSPS) is 13.5. The molecule has 0 spiro atoms. The summed E-state index contributed by atoms with van der Waals surface area (Å²) >= 11 is 0. The molecule has 128 valence electrons. The standard InChI is InChI=1S/C18H29N3O2/c1-12(2)11-15-5-7-16(8-6-15)13(3)17(22)20-9-10-21-18(23)14(4)19/h5-8,12-14H,9-11,19H2,1-4H3,(H,20,22)(H,21,23)/t13?,14-/m0/s1. The van der Waals surface area contributed by atoms with E-state index >= 15 is 0 Å². The Bertz CT molecular complexity index is 510. The van der Waals surface area contributed by atoms with Gasteiger partial charge in [0.1, 0.15) is 0 Å². The summed E-state index contributed by atoms with van der Waals surface area (Å²) in [6, 6.07) is 7.66. The minimum Gasteiger partial charge on any atom is -0.354 e. The molecule has 5 nitrogen and oxygen atoms in total. The Hall–Kier alpha value is -1.88. The van der Waals surface area contributed by atoms with Crippen LogP contribution >= 0.6 is 0 Å². The van der Waals surface area contributed by atoms with Crippen molar-refractivity contribution in [2.75, 3.05) is 13.1 Å². The predicted molar refractivity (Wildman–Crippen MR) is 93.1 cm³/mol. The Balaban J connectivity index is 2.42. The predicted octanol–water partition coefficient (Wildman–Crippen LogP) is 1.57. The van der Waals surface area contributed by atoms with Crippen molar-refractivity contribution in [2.24, 2.45) is 11.7 Å². The molecule has 1 aromatic rings. The Kier molecular flexibility index (Phi) is 7.75. The van der Waals surface area contributed by atoms with Gasteiger partial charge in [-0.05, 0) is 37.3 Å². The van der Waals surface area contributed by atoms with Crippen LogP contribution in [0.2, 0.25) is 0 Å². The maximum absolute atomic E-state index is 12.1. The van der Waals surface area contributed by atoms with Gasteiger partial charge in [0, 0.05) is 13.1 Å². The van der Waals surface area contributed by atoms with Crippen LogP contribution in [0.1, 0.15) is 44.7 Å². The molecule has 0 aliphatic heterocycles. The van der Waals surface area contributed by atoms with Crippen LogP contribution in [-0.4, -0.2) is 30.9 Å². The highest BCUT2D eigenvalue weighted by molar-refractivity contribution is 5.83. The van der Waals surface area contributed by atoms with Crippen LogP contribution in [0, 0.1) is 5.92 Å². The Morgan fingerprint density at radius 2 is 1.48 bits per heavy atom. The summed E-state index contributed by atoms with van der Waals surface area (Å²) in [6.07, 6.45) is 1.04. The van der Waals surface area contributed by atoms with Crippen LogP contribution in [-0.2, 0) is 16.0 Å². The lowest BCUT2D eigenvalue weighted by Gasteiger charge is -2.14. The molecule has 0 saturated heterocycles. The van der Waals surface area contributed by atoms with Crippen LogP contribution < -0.4 is 16.4 Å². The highest BCUT2D eigenvalue weighted by Crippen LogP contribution is 2.17. The van der Waals surface area contributed by atoms with Crippen molar-refractivity contribution in [3.05, 3.63) is 35.4 Å². The molecule has 0 aliphatic carbocycles. The molecule has 0 saturated carbocycles. The third kappa shape index (κ3) is 6.82. The first kappa shape index (κ1) is 19.2. The number of carbonyl (C=O) groups excluding carboxylic acids is 2. The molecule has 0 aromatic heterocycles. The molecule has 0 fully saturated rings. The molecule has 0 bridgehead atoms. The maximum atomic E-state index is 12.1. The molecule has 1 aromatic carbocycles. The molecule has 1 rings (SSSR count). The number of nitrogens with one attached hydrogen (secondary N) is 2. The van der Waals surface area contributed by atoms with Gasteiger partial charge in [-0.2, -0.15) is 0 Å². The molecule has 5 heteroatoms. The second-order valence-corrected chi connectivity index (χ2v) is 6.43. The fraction of sp³-hybridized carbons (Fsp3) is 0.556. The average molecular weight is 319 g/mol. The molecule has 1 unspecified atom stereocenters. The van der Waals surface area contributed by atoms with Gasteiger partial charge in [0.25, 0.3) is 0 Å². The van der Waals surface area contributed by atoms with Crippen molar-refractivity contribution in [1.29, 1.82) is 0 Å². The topological polar surface area (TPSA) is 84.2 Å². The van der Waals surface area contributed by atoms with E-state index in [0.29, 0.717) is 19.0 Å². The van der Waals surface area contributed by atoms with Crippen LogP contribution in [0.4, 0.5) is 0 Å². The van der Waals surface area contributed by atoms with Gasteiger partial charge in [0.15, 0.2) is 0 Å². The summed E-state index contributed by atoms with van der Waals surface area (Å²) in [5, 5.41) is 5.49. The lowest BCUT2D eigenvalue weighted by molar-refractivity contribution is -0.123. The summed E-state index contributed by atoms with van der Waals surface area (Å²) in [6.45, 7) is 8.66. The minimum absolute atomic E-state index is 0.0448. The molecule has 0 heterocycles. The van der Waals surface area contributed by atoms with Crippen LogP contribution in [0.25, 0.3) is 0 Å². The van der Waals surface area contributed by atoms with Gasteiger partial charge in [-0.15, -0.1) is 0 Å². The van der Waals surface area contributed by atoms with E-state index in [0.717, 1.165) is 12.0 Å². The SMILES string of the molecule is CC(C)Cc1ccc(C(C)C(=O)NCCNC(=O)[C@H](C)N)cc1. The zero-order valence-corrected chi connectivity index (χ0v) is 14.6. The quantitative estimate of drug-likeness (QED) is 0.636. The lowest BCUT2D eigenvalue weighted by atomic mass is 9.96. The van der Waals surface area contributed by atoms with Gasteiger partial charge in [0.05, 0.1) is 12.0 Å². The molecule has 0 aliphatic rings. The number of carbonyl (C=O) groups is 2. The van der Waals surface area contributed by atoms with Crippen LogP contribution in [0.15, 0.2) is 24.3 Å². The molecular formula is C18H29N3O2. The van der Waals surface area contributed by atoms with E-state index in [-0.39, 0.29) is 17.7 Å². The lowest BCUT2D eigenvalue weighted by Crippen LogP contribution is -2.42. The fourth-order valence-corrected chi connectivity index (χ4v) is 2.25. The second kappa shape index (κ2) is 9.30. The third-order valence-electron chi connectivity index (χ3n) is 3.65. The van der Waals surface area contributed by atoms with Crippen LogP contribution in [0.5, 0.6) is 0 Å². The van der Waals surface area contributed by atoms with Crippen molar-refractivity contribution in [3.63, 3.8) is 0 Å². The molecule has 2 amide bonds. The van der Waals surface area contributed by atoms with Gasteiger partial charge in [0.2, 0.25) is 11.8 Å². The number of amides is 2. The fourth-order valence-electron chi connectivity index (χ4n) is 2.25. The maximum Gasteiger partial charge on any atom is 0.236 e. The van der Waals surface area contributed by atoms with E-state index in [9.17, 15) is 9.59 Å². The number of hydrogen-bond donors (Lipinski definition) is 3. The summed E-state index contributed by atoms with van der Waals surface area (Å²) in [5.74, 6) is 0.143. The second-order valence-electron chi connectivity index (χ2n) is 6.43. The van der Waals surface area contributed by atoms with E-state index in [2.05, 4.69) is 36.6 Å². The summed E-state index contributed by atoms with van der Waals surface area (Å²) in [4.78, 5) is 23.4. The van der Waals surface area contributed by atoms with E-state index in [1.807, 2.05) is 19.1 Å². The van der Waals surface area contributed by atoms with Crippen molar-refractivity contribution >= 4 is 11.8 Å². The summed E-state index contributed by atoms with van der Waals surface area (Å²) in [7, 11) is 0. The largest absolute Gasteiger partial charge is 0.354 e.